The Labute approximate surface area is 113 Å². The van der Waals surface area contributed by atoms with Crippen molar-refractivity contribution in [1.82, 2.24) is 10.2 Å². The summed E-state index contributed by atoms with van der Waals surface area (Å²) in [6.45, 7) is 5.23. The van der Waals surface area contributed by atoms with E-state index in [0.717, 1.165) is 25.9 Å². The van der Waals surface area contributed by atoms with Gasteiger partial charge in [-0.25, -0.2) is 0 Å². The number of amides is 2. The smallest absolute Gasteiger partial charge is 0.306 e. The molecular weight excluding hydrogens is 248 g/mol. The summed E-state index contributed by atoms with van der Waals surface area (Å²) in [7, 11) is 0. The van der Waals surface area contributed by atoms with Crippen LogP contribution >= 0.6 is 0 Å². The van der Waals surface area contributed by atoms with E-state index in [4.69, 9.17) is 4.74 Å². The van der Waals surface area contributed by atoms with Crippen LogP contribution in [0.4, 0.5) is 0 Å². The molecule has 19 heavy (non-hydrogen) atoms. The lowest BCUT2D eigenvalue weighted by molar-refractivity contribution is -0.144. The van der Waals surface area contributed by atoms with Crippen LogP contribution in [0.3, 0.4) is 0 Å². The van der Waals surface area contributed by atoms with E-state index in [1.165, 1.54) is 0 Å². The second-order valence-corrected chi connectivity index (χ2v) is 4.63. The molecule has 0 aliphatic carbocycles. The molecule has 6 heteroatoms. The number of hydrogen-bond acceptors (Lipinski definition) is 4. The van der Waals surface area contributed by atoms with Crippen molar-refractivity contribution in [3.05, 3.63) is 0 Å². The molecule has 0 saturated carbocycles. The predicted octanol–water partition coefficient (Wildman–Crippen LogP) is 0.457. The van der Waals surface area contributed by atoms with E-state index in [9.17, 15) is 14.4 Å². The van der Waals surface area contributed by atoms with Gasteiger partial charge in [0.25, 0.3) is 0 Å². The average Bonchev–Trinajstić information content (AvgIpc) is 2.89. The van der Waals surface area contributed by atoms with E-state index in [-0.39, 0.29) is 24.7 Å². The van der Waals surface area contributed by atoms with Crippen LogP contribution < -0.4 is 5.32 Å². The first kappa shape index (κ1) is 15.5. The third kappa shape index (κ3) is 5.28. The number of esters is 1. The van der Waals surface area contributed by atoms with Crippen LogP contribution in [0.5, 0.6) is 0 Å². The number of ether oxygens (including phenoxy) is 1. The monoisotopic (exact) mass is 270 g/mol. The lowest BCUT2D eigenvalue weighted by Crippen LogP contribution is -2.46. The van der Waals surface area contributed by atoms with Crippen LogP contribution in [0, 0.1) is 0 Å². The summed E-state index contributed by atoms with van der Waals surface area (Å²) in [5.41, 5.74) is 0. The number of carbonyl (C=O) groups is 3. The summed E-state index contributed by atoms with van der Waals surface area (Å²) < 4.78 is 4.73. The second kappa shape index (κ2) is 7.76. The summed E-state index contributed by atoms with van der Waals surface area (Å²) in [6.07, 6.45) is 2.14. The Morgan fingerprint density at radius 1 is 1.21 bits per heavy atom. The van der Waals surface area contributed by atoms with Crippen molar-refractivity contribution < 1.29 is 19.1 Å². The number of hydrogen-bond donors (Lipinski definition) is 1. The fourth-order valence-electron chi connectivity index (χ4n) is 2.04. The van der Waals surface area contributed by atoms with Gasteiger partial charge in [0.05, 0.1) is 13.0 Å². The van der Waals surface area contributed by atoms with Crippen molar-refractivity contribution in [1.29, 1.82) is 0 Å². The second-order valence-electron chi connectivity index (χ2n) is 4.63. The van der Waals surface area contributed by atoms with Gasteiger partial charge >= 0.3 is 5.97 Å². The van der Waals surface area contributed by atoms with Crippen LogP contribution in [-0.4, -0.2) is 48.4 Å². The van der Waals surface area contributed by atoms with Gasteiger partial charge in [-0.15, -0.1) is 0 Å². The molecule has 1 aliphatic rings. The van der Waals surface area contributed by atoms with Crippen molar-refractivity contribution in [2.24, 2.45) is 0 Å². The number of nitrogens with one attached hydrogen (secondary N) is 1. The van der Waals surface area contributed by atoms with Gasteiger partial charge in [0.15, 0.2) is 0 Å². The fraction of sp³-hybridized carbons (Fsp3) is 0.769. The first-order chi connectivity index (χ1) is 9.04. The summed E-state index contributed by atoms with van der Waals surface area (Å²) in [5.74, 6) is -0.744. The Kier molecular flexibility index (Phi) is 6.32. The number of carbonyl (C=O) groups excluding carboxylic acids is 3. The molecule has 0 aromatic rings. The Balaban J connectivity index is 2.27. The van der Waals surface area contributed by atoms with E-state index >= 15 is 0 Å². The van der Waals surface area contributed by atoms with Crippen LogP contribution in [-0.2, 0) is 19.1 Å². The molecule has 108 valence electrons. The first-order valence-corrected chi connectivity index (χ1v) is 6.78. The number of nitrogens with zero attached hydrogens (tertiary/aromatic N) is 1. The minimum absolute atomic E-state index is 0.0459. The Hall–Kier alpha value is -1.59. The number of likely N-dealkylation sites (tertiary alicyclic amines) is 1. The molecule has 2 amide bonds. The van der Waals surface area contributed by atoms with Gasteiger partial charge in [0.2, 0.25) is 11.8 Å². The minimum Gasteiger partial charge on any atom is -0.466 e. The van der Waals surface area contributed by atoms with Crippen molar-refractivity contribution >= 4 is 17.8 Å². The van der Waals surface area contributed by atoms with Crippen molar-refractivity contribution in [2.75, 3.05) is 19.7 Å². The van der Waals surface area contributed by atoms with Gasteiger partial charge in [-0.1, -0.05) is 0 Å². The topological polar surface area (TPSA) is 75.7 Å². The normalized spacial score (nSPS) is 16.0. The molecular formula is C13H22N2O4. The van der Waals surface area contributed by atoms with Gasteiger partial charge in [-0.05, 0) is 26.7 Å². The zero-order valence-corrected chi connectivity index (χ0v) is 11.6. The predicted molar refractivity (Wildman–Crippen MR) is 69.3 cm³/mol. The van der Waals surface area contributed by atoms with E-state index < -0.39 is 12.0 Å². The molecule has 1 aliphatic heterocycles. The van der Waals surface area contributed by atoms with E-state index in [2.05, 4.69) is 5.32 Å². The van der Waals surface area contributed by atoms with Crippen molar-refractivity contribution in [3.8, 4) is 0 Å². The maximum atomic E-state index is 11.9. The Morgan fingerprint density at radius 3 is 2.42 bits per heavy atom. The average molecular weight is 270 g/mol. The Bertz CT molecular complexity index is 338. The lowest BCUT2D eigenvalue weighted by Gasteiger charge is -2.21. The van der Waals surface area contributed by atoms with Gasteiger partial charge < -0.3 is 15.0 Å². The van der Waals surface area contributed by atoms with Crippen LogP contribution in [0.15, 0.2) is 0 Å². The molecule has 0 aromatic heterocycles. The molecule has 0 aromatic carbocycles. The molecule has 1 heterocycles. The van der Waals surface area contributed by atoms with Gasteiger partial charge in [-0.3, -0.25) is 14.4 Å². The summed E-state index contributed by atoms with van der Waals surface area (Å²) >= 11 is 0. The van der Waals surface area contributed by atoms with Crippen molar-refractivity contribution in [3.63, 3.8) is 0 Å². The van der Waals surface area contributed by atoms with Gasteiger partial charge in [0.1, 0.15) is 6.04 Å². The molecule has 0 spiro atoms. The van der Waals surface area contributed by atoms with Crippen molar-refractivity contribution in [2.45, 2.75) is 45.6 Å². The van der Waals surface area contributed by atoms with Crippen LogP contribution in [0.1, 0.15) is 39.5 Å². The third-order valence-electron chi connectivity index (χ3n) is 3.03. The summed E-state index contributed by atoms with van der Waals surface area (Å²) in [6, 6.07) is -0.534. The Morgan fingerprint density at radius 2 is 1.84 bits per heavy atom. The highest BCUT2D eigenvalue weighted by molar-refractivity contribution is 5.88. The van der Waals surface area contributed by atoms with E-state index in [0.29, 0.717) is 6.61 Å². The molecule has 1 N–H and O–H groups in total. The molecule has 1 fully saturated rings. The van der Waals surface area contributed by atoms with E-state index in [1.807, 2.05) is 0 Å². The molecule has 0 radical (unpaired) electrons. The summed E-state index contributed by atoms with van der Waals surface area (Å²) in [4.78, 5) is 36.4. The largest absolute Gasteiger partial charge is 0.466 e. The zero-order valence-electron chi connectivity index (χ0n) is 11.6. The highest BCUT2D eigenvalue weighted by Crippen LogP contribution is 2.09. The quantitative estimate of drug-likeness (QED) is 0.711. The molecule has 1 unspecified atom stereocenters. The molecule has 1 atom stereocenters. The number of rotatable bonds is 6. The molecule has 1 saturated heterocycles. The lowest BCUT2D eigenvalue weighted by atomic mass is 10.2. The highest BCUT2D eigenvalue weighted by atomic mass is 16.5. The van der Waals surface area contributed by atoms with Crippen LogP contribution in [0.25, 0.3) is 0 Å². The molecule has 0 bridgehead atoms. The molecule has 1 rings (SSSR count). The SMILES string of the molecule is CCOC(=O)CCC(=O)NC(C)C(=O)N1CCCC1. The summed E-state index contributed by atoms with van der Waals surface area (Å²) in [5, 5.41) is 2.62. The molecule has 6 nitrogen and oxygen atoms in total. The van der Waals surface area contributed by atoms with Gasteiger partial charge in [0, 0.05) is 19.5 Å². The maximum Gasteiger partial charge on any atom is 0.306 e. The van der Waals surface area contributed by atoms with E-state index in [1.54, 1.807) is 18.7 Å². The van der Waals surface area contributed by atoms with Crippen LogP contribution in [0.2, 0.25) is 0 Å². The van der Waals surface area contributed by atoms with Gasteiger partial charge in [-0.2, -0.15) is 0 Å². The highest BCUT2D eigenvalue weighted by Gasteiger charge is 2.24. The standard InChI is InChI=1S/C13H22N2O4/c1-3-19-12(17)7-6-11(16)14-10(2)13(18)15-8-4-5-9-15/h10H,3-9H2,1-2H3,(H,14,16). The maximum absolute atomic E-state index is 11.9. The minimum atomic E-state index is -0.534. The fourth-order valence-corrected chi connectivity index (χ4v) is 2.04. The zero-order chi connectivity index (χ0) is 14.3. The third-order valence-corrected chi connectivity index (χ3v) is 3.03. The first-order valence-electron chi connectivity index (χ1n) is 6.78.